The van der Waals surface area contributed by atoms with Crippen LogP contribution in [0.4, 0.5) is 0 Å². The Bertz CT molecular complexity index is 1040. The van der Waals surface area contributed by atoms with E-state index in [9.17, 15) is 30.3 Å². The fourth-order valence-corrected chi connectivity index (χ4v) is 9.07. The first-order valence-electron chi connectivity index (χ1n) is 14.2. The van der Waals surface area contributed by atoms with Crippen molar-refractivity contribution in [2.45, 2.75) is 114 Å². The zero-order valence-corrected chi connectivity index (χ0v) is 22.5. The summed E-state index contributed by atoms with van der Waals surface area (Å²) in [5.41, 5.74) is -0.117. The van der Waals surface area contributed by atoms with E-state index < -0.39 is 47.8 Å². The second kappa shape index (κ2) is 9.09. The van der Waals surface area contributed by atoms with Crippen molar-refractivity contribution < 1.29 is 44.5 Å². The van der Waals surface area contributed by atoms with Crippen LogP contribution in [0.1, 0.15) is 65.7 Å². The van der Waals surface area contributed by atoms with Crippen LogP contribution < -0.4 is 0 Å². The van der Waals surface area contributed by atoms with Gasteiger partial charge in [-0.3, -0.25) is 0 Å². The van der Waals surface area contributed by atoms with Crippen LogP contribution in [0.25, 0.3) is 0 Å². The van der Waals surface area contributed by atoms with E-state index in [0.29, 0.717) is 19.3 Å². The Morgan fingerprint density at radius 3 is 2.47 bits per heavy atom. The summed E-state index contributed by atoms with van der Waals surface area (Å²) in [6.07, 6.45) is 2.33. The second-order valence-electron chi connectivity index (χ2n) is 13.2. The fraction of sp³-hybridized carbons (Fsp3) is 0.828. The monoisotopic (exact) mass is 534 g/mol. The Morgan fingerprint density at radius 1 is 1.00 bits per heavy atom. The molecule has 0 bridgehead atoms. The van der Waals surface area contributed by atoms with Gasteiger partial charge in [0.05, 0.1) is 23.9 Å². The summed E-state index contributed by atoms with van der Waals surface area (Å²) in [6.45, 7) is 6.14. The number of esters is 1. The number of cyclic esters (lactones) is 1. The molecular formula is C29H42O9. The third-order valence-electron chi connectivity index (χ3n) is 11.6. The van der Waals surface area contributed by atoms with Crippen molar-refractivity contribution in [1.82, 2.24) is 0 Å². The van der Waals surface area contributed by atoms with Crippen molar-refractivity contribution in [3.8, 4) is 0 Å². The van der Waals surface area contributed by atoms with Crippen LogP contribution in [0.5, 0.6) is 0 Å². The van der Waals surface area contributed by atoms with Crippen LogP contribution in [0.15, 0.2) is 23.3 Å². The van der Waals surface area contributed by atoms with Crippen LogP contribution >= 0.6 is 0 Å². The van der Waals surface area contributed by atoms with Gasteiger partial charge in [0.25, 0.3) is 0 Å². The van der Waals surface area contributed by atoms with Crippen molar-refractivity contribution in [3.63, 3.8) is 0 Å². The molecule has 9 heteroatoms. The first kappa shape index (κ1) is 26.9. The minimum Gasteiger partial charge on any atom is -0.458 e. The molecule has 13 atom stereocenters. The van der Waals surface area contributed by atoms with Crippen LogP contribution in [-0.2, 0) is 19.0 Å². The molecule has 4 aliphatic carbocycles. The highest BCUT2D eigenvalue weighted by Gasteiger charge is 2.69. The molecule has 0 radical (unpaired) electrons. The van der Waals surface area contributed by atoms with Crippen LogP contribution in [0, 0.1) is 28.6 Å². The zero-order chi connectivity index (χ0) is 27.2. The van der Waals surface area contributed by atoms with E-state index in [1.165, 1.54) is 0 Å². The Labute approximate surface area is 223 Å². The van der Waals surface area contributed by atoms with E-state index in [1.54, 1.807) is 13.0 Å². The number of aliphatic hydroxyl groups is 5. The lowest BCUT2D eigenvalue weighted by atomic mass is 9.45. The SMILES string of the molecule is C[C@H]1O[C@@H](O[C@H]2CC[C@@]3(C)[C@@H](CC=C4[C@@H]3C[C@@H](O)[C@]3(C)[C@@H](C5=CC(=O)OC5)CC[C@]43O)C2)[C@H](O)[C@H](O)[C@@H]1O. The first-order valence-corrected chi connectivity index (χ1v) is 14.2. The predicted octanol–water partition coefficient (Wildman–Crippen LogP) is 1.35. The fourth-order valence-electron chi connectivity index (χ4n) is 9.07. The van der Waals surface area contributed by atoms with Gasteiger partial charge in [0.1, 0.15) is 24.9 Å². The number of rotatable bonds is 3. The molecule has 0 amide bonds. The van der Waals surface area contributed by atoms with Crippen molar-refractivity contribution in [3.05, 3.63) is 23.3 Å². The van der Waals surface area contributed by atoms with E-state index in [0.717, 1.165) is 36.8 Å². The average molecular weight is 535 g/mol. The molecule has 5 N–H and O–H groups in total. The summed E-state index contributed by atoms with van der Waals surface area (Å²) >= 11 is 0. The quantitative estimate of drug-likeness (QED) is 0.267. The number of carbonyl (C=O) groups excluding carboxylic acids is 1. The summed E-state index contributed by atoms with van der Waals surface area (Å²) in [6, 6.07) is 0. The van der Waals surface area contributed by atoms with Crippen LogP contribution in [0.2, 0.25) is 0 Å². The molecule has 0 unspecified atom stereocenters. The topological polar surface area (TPSA) is 146 Å². The van der Waals surface area contributed by atoms with Gasteiger partial charge in [0.15, 0.2) is 6.29 Å². The van der Waals surface area contributed by atoms with Crippen molar-refractivity contribution in [2.75, 3.05) is 6.61 Å². The average Bonchev–Trinajstić information content (AvgIpc) is 3.43. The minimum absolute atomic E-state index is 0.0398. The van der Waals surface area contributed by atoms with Gasteiger partial charge in [0.2, 0.25) is 0 Å². The van der Waals surface area contributed by atoms with E-state index in [2.05, 4.69) is 13.0 Å². The Kier molecular flexibility index (Phi) is 6.43. The highest BCUT2D eigenvalue weighted by molar-refractivity contribution is 5.85. The van der Waals surface area contributed by atoms with Crippen LogP contribution in [-0.4, -0.2) is 86.6 Å². The van der Waals surface area contributed by atoms with Crippen molar-refractivity contribution >= 4 is 5.97 Å². The summed E-state index contributed by atoms with van der Waals surface area (Å²) in [5, 5.41) is 54.6. The lowest BCUT2D eigenvalue weighted by Gasteiger charge is -2.61. The zero-order valence-electron chi connectivity index (χ0n) is 22.5. The molecule has 0 aromatic rings. The summed E-state index contributed by atoms with van der Waals surface area (Å²) in [5.74, 6) is -0.147. The van der Waals surface area contributed by atoms with Crippen molar-refractivity contribution in [1.29, 1.82) is 0 Å². The smallest absolute Gasteiger partial charge is 0.331 e. The van der Waals surface area contributed by atoms with Crippen molar-refractivity contribution in [2.24, 2.45) is 28.6 Å². The number of carbonyl (C=O) groups is 1. The van der Waals surface area contributed by atoms with Gasteiger partial charge in [-0.1, -0.05) is 19.9 Å². The van der Waals surface area contributed by atoms with Gasteiger partial charge in [-0.25, -0.2) is 4.79 Å². The number of aliphatic hydroxyl groups excluding tert-OH is 4. The molecule has 1 saturated heterocycles. The largest absolute Gasteiger partial charge is 0.458 e. The number of hydrogen-bond donors (Lipinski definition) is 5. The number of ether oxygens (including phenoxy) is 3. The number of fused-ring (bicyclic) bond motifs is 5. The van der Waals surface area contributed by atoms with Gasteiger partial charge in [-0.2, -0.15) is 0 Å². The van der Waals surface area contributed by atoms with Gasteiger partial charge in [0, 0.05) is 11.5 Å². The Hall–Kier alpha value is -1.33. The molecule has 0 aromatic heterocycles. The molecule has 0 aromatic carbocycles. The van der Waals surface area contributed by atoms with Crippen LogP contribution in [0.3, 0.4) is 0 Å². The molecule has 4 fully saturated rings. The second-order valence-corrected chi connectivity index (χ2v) is 13.2. The molecule has 3 saturated carbocycles. The maximum Gasteiger partial charge on any atom is 0.331 e. The maximum absolute atomic E-state index is 12.3. The molecule has 38 heavy (non-hydrogen) atoms. The summed E-state index contributed by atoms with van der Waals surface area (Å²) < 4.78 is 17.0. The highest BCUT2D eigenvalue weighted by Crippen LogP contribution is 2.68. The van der Waals surface area contributed by atoms with E-state index in [1.807, 2.05) is 6.92 Å². The lowest BCUT2D eigenvalue weighted by molar-refractivity contribution is -0.308. The lowest BCUT2D eigenvalue weighted by Crippen LogP contribution is -2.63. The highest BCUT2D eigenvalue weighted by atomic mass is 16.7. The third-order valence-corrected chi connectivity index (χ3v) is 11.6. The first-order chi connectivity index (χ1) is 17.9. The minimum atomic E-state index is -1.32. The molecule has 0 spiro atoms. The molecule has 2 heterocycles. The van der Waals surface area contributed by atoms with Gasteiger partial charge in [-0.05, 0) is 86.2 Å². The van der Waals surface area contributed by atoms with E-state index >= 15 is 0 Å². The Balaban J connectivity index is 1.22. The van der Waals surface area contributed by atoms with Gasteiger partial charge < -0.3 is 39.7 Å². The standard InChI is InChI=1S/C29H42O9/c1-14-23(32)24(33)25(34)26(37-14)38-17-6-8-27(2)16(11-17)4-5-19-20(27)12-21(30)28(3)18(7-9-29(19,28)35)15-10-22(31)36-13-15/h5,10,14,16-18,20-21,23-26,30,32-35H,4,6-9,11-13H2,1-3H3/t14-,16+,17+,18-,20+,21-,23-,24-,25-,26+,27+,28+,29+/m1/s1. The van der Waals surface area contributed by atoms with E-state index in [4.69, 9.17) is 14.2 Å². The summed E-state index contributed by atoms with van der Waals surface area (Å²) in [7, 11) is 0. The predicted molar refractivity (Wildman–Crippen MR) is 134 cm³/mol. The third kappa shape index (κ3) is 3.66. The molecule has 9 nitrogen and oxygen atoms in total. The molecule has 2 aliphatic heterocycles. The normalized spacial score (nSPS) is 54.4. The molecule has 212 valence electrons. The molecule has 6 rings (SSSR count). The van der Waals surface area contributed by atoms with E-state index in [-0.39, 0.29) is 41.8 Å². The maximum atomic E-state index is 12.3. The molecule has 6 aliphatic rings. The van der Waals surface area contributed by atoms with Gasteiger partial charge in [-0.15, -0.1) is 0 Å². The summed E-state index contributed by atoms with van der Waals surface area (Å²) in [4.78, 5) is 11.8. The Morgan fingerprint density at radius 2 is 1.76 bits per heavy atom. The number of hydrogen-bond acceptors (Lipinski definition) is 9. The molecular weight excluding hydrogens is 492 g/mol. The number of allylic oxidation sites excluding steroid dienone is 1. The van der Waals surface area contributed by atoms with Gasteiger partial charge >= 0.3 is 5.97 Å².